The first-order valence-electron chi connectivity index (χ1n) is 10.3. The van der Waals surface area contributed by atoms with Crippen LogP contribution in [0.1, 0.15) is 18.6 Å². The van der Waals surface area contributed by atoms with E-state index in [0.717, 1.165) is 4.90 Å². The average Bonchev–Trinajstić information content (AvgIpc) is 2.84. The number of esters is 1. The van der Waals surface area contributed by atoms with Gasteiger partial charge >= 0.3 is 11.9 Å². The van der Waals surface area contributed by atoms with Crippen LogP contribution in [0.25, 0.3) is 0 Å². The van der Waals surface area contributed by atoms with Gasteiger partial charge in [-0.05, 0) is 17.7 Å². The minimum atomic E-state index is -1.29. The van der Waals surface area contributed by atoms with Crippen LogP contribution in [-0.2, 0) is 23.9 Å². The van der Waals surface area contributed by atoms with E-state index < -0.39 is 35.4 Å². The SMILES string of the molecule is CC(=O)OC(C1=C(C(=O)O)N2C(=O)[C@@H](NC(=O)CSc3ccncc3)[C@H]2SC1)c1ccccc1. The molecule has 11 heteroatoms. The Balaban J connectivity index is 1.52. The number of hydrogen-bond acceptors (Lipinski definition) is 8. The zero-order valence-corrected chi connectivity index (χ0v) is 19.7. The van der Waals surface area contributed by atoms with Crippen LogP contribution in [0.3, 0.4) is 0 Å². The summed E-state index contributed by atoms with van der Waals surface area (Å²) in [5, 5.41) is 12.1. The van der Waals surface area contributed by atoms with E-state index in [2.05, 4.69) is 10.3 Å². The monoisotopic (exact) mass is 499 g/mol. The van der Waals surface area contributed by atoms with Crippen molar-refractivity contribution < 1.29 is 29.0 Å². The summed E-state index contributed by atoms with van der Waals surface area (Å²) in [4.78, 5) is 55.3. The Hall–Kier alpha value is -3.31. The Bertz CT molecular complexity index is 1140. The predicted molar refractivity (Wildman–Crippen MR) is 126 cm³/mol. The van der Waals surface area contributed by atoms with Crippen LogP contribution in [0.2, 0.25) is 0 Å². The minimum absolute atomic E-state index is 0.112. The molecule has 0 radical (unpaired) electrons. The van der Waals surface area contributed by atoms with E-state index in [1.807, 2.05) is 0 Å². The highest BCUT2D eigenvalue weighted by Crippen LogP contribution is 2.44. The molecule has 2 N–H and O–H groups in total. The van der Waals surface area contributed by atoms with Gasteiger partial charge in [-0.15, -0.1) is 23.5 Å². The maximum absolute atomic E-state index is 12.9. The summed E-state index contributed by atoms with van der Waals surface area (Å²) < 4.78 is 5.48. The summed E-state index contributed by atoms with van der Waals surface area (Å²) in [5.74, 6) is -2.36. The molecule has 3 atom stereocenters. The number of ether oxygens (including phenoxy) is 1. The van der Waals surface area contributed by atoms with Gasteiger partial charge in [0.25, 0.3) is 5.91 Å². The highest BCUT2D eigenvalue weighted by Gasteiger charge is 2.55. The van der Waals surface area contributed by atoms with Crippen molar-refractivity contribution in [1.29, 1.82) is 0 Å². The number of β-lactam (4-membered cyclic amide) rings is 1. The largest absolute Gasteiger partial charge is 0.477 e. The Labute approximate surface area is 203 Å². The van der Waals surface area contributed by atoms with Gasteiger partial charge in [-0.2, -0.15) is 0 Å². The number of carbonyl (C=O) groups excluding carboxylic acids is 3. The third-order valence-corrected chi connectivity index (χ3v) is 7.55. The lowest BCUT2D eigenvalue weighted by molar-refractivity contribution is -0.151. The van der Waals surface area contributed by atoms with Gasteiger partial charge in [0.1, 0.15) is 17.1 Å². The Kier molecular flexibility index (Phi) is 7.23. The normalized spacial score (nSPS) is 20.1. The number of aromatic nitrogens is 1. The molecule has 1 saturated heterocycles. The summed E-state index contributed by atoms with van der Waals surface area (Å²) in [6, 6.07) is 11.5. The number of pyridine rings is 1. The summed E-state index contributed by atoms with van der Waals surface area (Å²) in [6.45, 7) is 1.25. The number of carbonyl (C=O) groups is 4. The summed E-state index contributed by atoms with van der Waals surface area (Å²) >= 11 is 2.64. The lowest BCUT2D eigenvalue weighted by Crippen LogP contribution is -2.70. The zero-order valence-electron chi connectivity index (χ0n) is 18.0. The molecule has 2 aliphatic heterocycles. The highest BCUT2D eigenvalue weighted by molar-refractivity contribution is 8.00. The van der Waals surface area contributed by atoms with Crippen molar-refractivity contribution in [3.05, 3.63) is 71.7 Å². The fraction of sp³-hybridized carbons (Fsp3) is 0.261. The van der Waals surface area contributed by atoms with Gasteiger partial charge in [0.05, 0.1) is 5.75 Å². The second kappa shape index (κ2) is 10.3. The number of nitrogens with one attached hydrogen (secondary N) is 1. The van der Waals surface area contributed by atoms with Crippen molar-refractivity contribution in [2.45, 2.75) is 29.3 Å². The first-order chi connectivity index (χ1) is 16.4. The van der Waals surface area contributed by atoms with Crippen LogP contribution in [0.4, 0.5) is 0 Å². The lowest BCUT2D eigenvalue weighted by atomic mass is 9.96. The number of fused-ring (bicyclic) bond motifs is 1. The first-order valence-corrected chi connectivity index (χ1v) is 12.4. The van der Waals surface area contributed by atoms with Crippen molar-refractivity contribution in [2.24, 2.45) is 0 Å². The van der Waals surface area contributed by atoms with Crippen LogP contribution < -0.4 is 5.32 Å². The van der Waals surface area contributed by atoms with Gasteiger partial charge in [-0.1, -0.05) is 30.3 Å². The summed E-state index contributed by atoms with van der Waals surface area (Å²) in [6.07, 6.45) is 2.32. The molecule has 9 nitrogen and oxygen atoms in total. The minimum Gasteiger partial charge on any atom is -0.477 e. The number of rotatable bonds is 8. The summed E-state index contributed by atoms with van der Waals surface area (Å²) in [7, 11) is 0. The number of carboxylic acid groups (broad SMARTS) is 1. The van der Waals surface area contributed by atoms with E-state index in [9.17, 15) is 24.3 Å². The maximum atomic E-state index is 12.9. The van der Waals surface area contributed by atoms with E-state index in [1.54, 1.807) is 54.9 Å². The molecule has 4 rings (SSSR count). The van der Waals surface area contributed by atoms with Crippen molar-refractivity contribution in [1.82, 2.24) is 15.2 Å². The smallest absolute Gasteiger partial charge is 0.352 e. The van der Waals surface area contributed by atoms with E-state index >= 15 is 0 Å². The fourth-order valence-electron chi connectivity index (χ4n) is 3.78. The van der Waals surface area contributed by atoms with E-state index in [1.165, 1.54) is 35.3 Å². The quantitative estimate of drug-likeness (QED) is 0.319. The summed E-state index contributed by atoms with van der Waals surface area (Å²) in [5.41, 5.74) is 0.721. The van der Waals surface area contributed by atoms with Crippen molar-refractivity contribution in [3.8, 4) is 0 Å². The molecular formula is C23H21N3O6S2. The number of carboxylic acids is 1. The van der Waals surface area contributed by atoms with Gasteiger partial charge < -0.3 is 15.2 Å². The highest BCUT2D eigenvalue weighted by atomic mass is 32.2. The van der Waals surface area contributed by atoms with Crippen LogP contribution in [-0.4, -0.2) is 61.7 Å². The van der Waals surface area contributed by atoms with E-state index in [0.29, 0.717) is 11.1 Å². The Morgan fingerprint density at radius 1 is 1.24 bits per heavy atom. The lowest BCUT2D eigenvalue weighted by Gasteiger charge is -2.50. The number of amides is 2. The molecule has 2 aliphatic rings. The van der Waals surface area contributed by atoms with Gasteiger partial charge in [0.2, 0.25) is 5.91 Å². The van der Waals surface area contributed by atoms with Crippen molar-refractivity contribution in [3.63, 3.8) is 0 Å². The Morgan fingerprint density at radius 3 is 2.59 bits per heavy atom. The molecule has 1 aromatic heterocycles. The standard InChI is InChI=1S/C23H21N3O6S2/c1-13(27)32-20(14-5-3-2-4-6-14)16-11-34-22-18(21(29)26(22)19(16)23(30)31)25-17(28)12-33-15-7-9-24-10-8-15/h2-10,18,20,22H,11-12H2,1H3,(H,25,28)(H,30,31)/t18-,20?,22-/m1/s1. The zero-order chi connectivity index (χ0) is 24.2. The first kappa shape index (κ1) is 23.8. The number of nitrogens with zero attached hydrogens (tertiary/aromatic N) is 2. The third-order valence-electron chi connectivity index (χ3n) is 5.24. The van der Waals surface area contributed by atoms with E-state index in [-0.39, 0.29) is 23.1 Å². The van der Waals surface area contributed by atoms with Crippen LogP contribution in [0, 0.1) is 0 Å². The molecule has 0 saturated carbocycles. The second-order valence-electron chi connectivity index (χ2n) is 7.51. The molecule has 1 aromatic carbocycles. The molecule has 176 valence electrons. The number of hydrogen-bond donors (Lipinski definition) is 2. The molecule has 1 fully saturated rings. The van der Waals surface area contributed by atoms with Crippen LogP contribution in [0.15, 0.2) is 71.0 Å². The van der Waals surface area contributed by atoms with Crippen molar-refractivity contribution >= 4 is 47.3 Å². The second-order valence-corrected chi connectivity index (χ2v) is 9.66. The third kappa shape index (κ3) is 4.95. The number of aliphatic carboxylic acids is 1. The van der Waals surface area contributed by atoms with Gasteiger partial charge in [-0.3, -0.25) is 24.3 Å². The molecular weight excluding hydrogens is 478 g/mol. The van der Waals surface area contributed by atoms with E-state index in [4.69, 9.17) is 4.74 Å². The fourth-order valence-corrected chi connectivity index (χ4v) is 5.85. The van der Waals surface area contributed by atoms with Crippen molar-refractivity contribution in [2.75, 3.05) is 11.5 Å². The molecule has 0 bridgehead atoms. The molecule has 2 aromatic rings. The molecule has 0 aliphatic carbocycles. The number of thioether (sulfide) groups is 2. The molecule has 3 heterocycles. The molecule has 0 spiro atoms. The predicted octanol–water partition coefficient (Wildman–Crippen LogP) is 2.22. The topological polar surface area (TPSA) is 126 Å². The molecule has 2 amide bonds. The molecule has 34 heavy (non-hydrogen) atoms. The molecule has 1 unspecified atom stereocenters. The van der Waals surface area contributed by atoms with Gasteiger partial charge in [0.15, 0.2) is 6.10 Å². The maximum Gasteiger partial charge on any atom is 0.352 e. The van der Waals surface area contributed by atoms with Crippen LogP contribution in [0.5, 0.6) is 0 Å². The van der Waals surface area contributed by atoms with Gasteiger partial charge in [-0.25, -0.2) is 4.79 Å². The van der Waals surface area contributed by atoms with Crippen LogP contribution >= 0.6 is 23.5 Å². The number of benzene rings is 1. The van der Waals surface area contributed by atoms with Gasteiger partial charge in [0, 0.05) is 35.5 Å². The Morgan fingerprint density at radius 2 is 1.94 bits per heavy atom. The average molecular weight is 500 g/mol.